The lowest BCUT2D eigenvalue weighted by atomic mass is 10.1. The zero-order valence-corrected chi connectivity index (χ0v) is 12.5. The van der Waals surface area contributed by atoms with Crippen LogP contribution in [-0.4, -0.2) is 31.0 Å². The molecule has 104 valence electrons. The molecule has 0 unspecified atom stereocenters. The van der Waals surface area contributed by atoms with E-state index < -0.39 is 0 Å². The normalized spacial score (nSPS) is 10.3. The highest BCUT2D eigenvalue weighted by Gasteiger charge is 2.12. The van der Waals surface area contributed by atoms with Gasteiger partial charge in [0.1, 0.15) is 4.99 Å². The van der Waals surface area contributed by atoms with Crippen LogP contribution < -0.4 is 16.0 Å². The van der Waals surface area contributed by atoms with Crippen LogP contribution in [0.4, 0.5) is 5.69 Å². The van der Waals surface area contributed by atoms with E-state index in [0.717, 1.165) is 11.3 Å². The highest BCUT2D eigenvalue weighted by atomic mass is 32.1. The minimum Gasteiger partial charge on any atom is -0.389 e. The Morgan fingerprint density at radius 2 is 2.05 bits per heavy atom. The molecule has 0 fully saturated rings. The number of hydrogen-bond donors (Lipinski definition) is 2. The average Bonchev–Trinajstić information content (AvgIpc) is 2.36. The van der Waals surface area contributed by atoms with Gasteiger partial charge in [-0.05, 0) is 18.1 Å². The van der Waals surface area contributed by atoms with Crippen molar-refractivity contribution in [1.82, 2.24) is 5.32 Å². The van der Waals surface area contributed by atoms with Crippen LogP contribution in [0.5, 0.6) is 0 Å². The minimum atomic E-state index is -0.00561. The Morgan fingerprint density at radius 1 is 1.42 bits per heavy atom. The maximum atomic E-state index is 11.8. The second-order valence-corrected chi connectivity index (χ2v) is 5.38. The molecule has 1 aromatic rings. The van der Waals surface area contributed by atoms with E-state index in [4.69, 9.17) is 18.0 Å². The standard InChI is InChI=1S/C14H21N3OS/c1-10(2)8-16-13(18)9-17(3)12-7-5-4-6-11(12)14(15)19/h4-7,10H,8-9H2,1-3H3,(H2,15,19)(H,16,18). The summed E-state index contributed by atoms with van der Waals surface area (Å²) in [5.41, 5.74) is 7.34. The Balaban J connectivity index is 2.70. The fourth-order valence-electron chi connectivity index (χ4n) is 1.69. The molecule has 0 saturated heterocycles. The second kappa shape index (κ2) is 7.09. The lowest BCUT2D eigenvalue weighted by molar-refractivity contribution is -0.119. The summed E-state index contributed by atoms with van der Waals surface area (Å²) >= 11 is 5.02. The molecule has 0 bridgehead atoms. The molecule has 0 aliphatic carbocycles. The number of amides is 1. The van der Waals surface area contributed by atoms with Gasteiger partial charge in [-0.25, -0.2) is 0 Å². The van der Waals surface area contributed by atoms with Crippen molar-refractivity contribution >= 4 is 28.8 Å². The number of nitrogens with two attached hydrogens (primary N) is 1. The van der Waals surface area contributed by atoms with Gasteiger partial charge in [-0.15, -0.1) is 0 Å². The number of benzene rings is 1. The summed E-state index contributed by atoms with van der Waals surface area (Å²) in [7, 11) is 1.85. The molecule has 19 heavy (non-hydrogen) atoms. The molecule has 0 atom stereocenters. The van der Waals surface area contributed by atoms with Crippen LogP contribution in [0.1, 0.15) is 19.4 Å². The number of hydrogen-bond acceptors (Lipinski definition) is 3. The Labute approximate surface area is 120 Å². The molecule has 0 aliphatic heterocycles. The first-order chi connectivity index (χ1) is 8.91. The van der Waals surface area contributed by atoms with Crippen molar-refractivity contribution in [3.05, 3.63) is 29.8 Å². The topological polar surface area (TPSA) is 58.4 Å². The van der Waals surface area contributed by atoms with E-state index in [2.05, 4.69) is 19.2 Å². The van der Waals surface area contributed by atoms with Gasteiger partial charge >= 0.3 is 0 Å². The zero-order valence-electron chi connectivity index (χ0n) is 11.6. The van der Waals surface area contributed by atoms with Crippen LogP contribution in [0, 0.1) is 5.92 Å². The van der Waals surface area contributed by atoms with Crippen LogP contribution in [-0.2, 0) is 4.79 Å². The Hall–Kier alpha value is -1.62. The van der Waals surface area contributed by atoms with E-state index in [9.17, 15) is 4.79 Å². The second-order valence-electron chi connectivity index (χ2n) is 4.94. The molecule has 1 aromatic carbocycles. The molecule has 0 radical (unpaired) electrons. The van der Waals surface area contributed by atoms with Crippen molar-refractivity contribution in [2.75, 3.05) is 25.0 Å². The van der Waals surface area contributed by atoms with E-state index in [1.54, 1.807) is 0 Å². The summed E-state index contributed by atoms with van der Waals surface area (Å²) in [5, 5.41) is 2.89. The Bertz CT molecular complexity index is 460. The average molecular weight is 279 g/mol. The largest absolute Gasteiger partial charge is 0.389 e. The molecule has 1 rings (SSSR count). The van der Waals surface area contributed by atoms with Crippen LogP contribution in [0.2, 0.25) is 0 Å². The predicted octanol–water partition coefficient (Wildman–Crippen LogP) is 1.53. The molecule has 0 aromatic heterocycles. The monoisotopic (exact) mass is 279 g/mol. The highest BCUT2D eigenvalue weighted by molar-refractivity contribution is 7.80. The SMILES string of the molecule is CC(C)CNC(=O)CN(C)c1ccccc1C(N)=S. The number of carbonyl (C=O) groups excluding carboxylic acids is 1. The summed E-state index contributed by atoms with van der Waals surface area (Å²) in [6.45, 7) is 5.09. The number of carbonyl (C=O) groups is 1. The van der Waals surface area contributed by atoms with Crippen LogP contribution >= 0.6 is 12.2 Å². The van der Waals surface area contributed by atoms with Gasteiger partial charge in [-0.3, -0.25) is 4.79 Å². The van der Waals surface area contributed by atoms with Crippen LogP contribution in [0.3, 0.4) is 0 Å². The fraction of sp³-hybridized carbons (Fsp3) is 0.429. The Morgan fingerprint density at radius 3 is 2.63 bits per heavy atom. The summed E-state index contributed by atoms with van der Waals surface area (Å²) in [6, 6.07) is 7.55. The third-order valence-electron chi connectivity index (χ3n) is 2.67. The van der Waals surface area contributed by atoms with Crippen molar-refractivity contribution < 1.29 is 4.79 Å². The molecule has 0 spiro atoms. The van der Waals surface area contributed by atoms with E-state index in [0.29, 0.717) is 17.5 Å². The lowest BCUT2D eigenvalue weighted by Crippen LogP contribution is -2.37. The van der Waals surface area contributed by atoms with Gasteiger partial charge in [0.05, 0.1) is 6.54 Å². The number of anilines is 1. The molecule has 0 saturated carbocycles. The summed E-state index contributed by atoms with van der Waals surface area (Å²) < 4.78 is 0. The van der Waals surface area contributed by atoms with E-state index in [1.165, 1.54) is 0 Å². The fourth-order valence-corrected chi connectivity index (χ4v) is 1.86. The van der Waals surface area contributed by atoms with Crippen LogP contribution in [0.15, 0.2) is 24.3 Å². The quantitative estimate of drug-likeness (QED) is 0.775. The molecule has 0 aliphatic rings. The smallest absolute Gasteiger partial charge is 0.239 e. The van der Waals surface area contributed by atoms with E-state index in [-0.39, 0.29) is 12.5 Å². The van der Waals surface area contributed by atoms with Gasteiger partial charge < -0.3 is 16.0 Å². The summed E-state index contributed by atoms with van der Waals surface area (Å²) in [6.07, 6.45) is 0. The van der Waals surface area contributed by atoms with Gasteiger partial charge in [-0.2, -0.15) is 0 Å². The van der Waals surface area contributed by atoms with Gasteiger partial charge in [0.25, 0.3) is 0 Å². The summed E-state index contributed by atoms with van der Waals surface area (Å²) in [4.78, 5) is 14.0. The van der Waals surface area contributed by atoms with Crippen LogP contribution in [0.25, 0.3) is 0 Å². The molecule has 5 heteroatoms. The summed E-state index contributed by atoms with van der Waals surface area (Å²) in [5.74, 6) is 0.437. The van der Waals surface area contributed by atoms with Gasteiger partial charge in [0.15, 0.2) is 0 Å². The molecular weight excluding hydrogens is 258 g/mol. The predicted molar refractivity (Wildman–Crippen MR) is 83.4 cm³/mol. The number of rotatable bonds is 6. The third-order valence-corrected chi connectivity index (χ3v) is 2.89. The maximum absolute atomic E-state index is 11.8. The number of nitrogens with one attached hydrogen (secondary N) is 1. The Kier molecular flexibility index (Phi) is 5.76. The number of likely N-dealkylation sites (N-methyl/N-ethyl adjacent to an activating group) is 1. The molecule has 1 amide bonds. The zero-order chi connectivity index (χ0) is 14.4. The van der Waals surface area contributed by atoms with Crippen molar-refractivity contribution in [3.63, 3.8) is 0 Å². The van der Waals surface area contributed by atoms with Gasteiger partial charge in [0.2, 0.25) is 5.91 Å². The molecule has 0 heterocycles. The number of nitrogens with zero attached hydrogens (tertiary/aromatic N) is 1. The minimum absolute atomic E-state index is 0.00561. The van der Waals surface area contributed by atoms with Crippen molar-refractivity contribution in [2.24, 2.45) is 11.7 Å². The first-order valence-electron chi connectivity index (χ1n) is 6.28. The first-order valence-corrected chi connectivity index (χ1v) is 6.69. The van der Waals surface area contributed by atoms with Gasteiger partial charge in [0, 0.05) is 24.8 Å². The first kappa shape index (κ1) is 15.4. The van der Waals surface area contributed by atoms with Crippen molar-refractivity contribution in [3.8, 4) is 0 Å². The van der Waals surface area contributed by atoms with Crippen molar-refractivity contribution in [1.29, 1.82) is 0 Å². The van der Waals surface area contributed by atoms with E-state index in [1.807, 2.05) is 36.2 Å². The van der Waals surface area contributed by atoms with Gasteiger partial charge in [-0.1, -0.05) is 38.2 Å². The number of para-hydroxylation sites is 1. The highest BCUT2D eigenvalue weighted by Crippen LogP contribution is 2.18. The van der Waals surface area contributed by atoms with E-state index >= 15 is 0 Å². The maximum Gasteiger partial charge on any atom is 0.239 e. The molecule has 4 nitrogen and oxygen atoms in total. The lowest BCUT2D eigenvalue weighted by Gasteiger charge is -2.21. The number of thiocarbonyl (C=S) groups is 1. The third kappa shape index (κ3) is 4.87. The molecule has 3 N–H and O–H groups in total. The molecular formula is C14H21N3OS. The van der Waals surface area contributed by atoms with Crippen molar-refractivity contribution in [2.45, 2.75) is 13.8 Å².